The average molecular weight is 347 g/mol. The highest BCUT2D eigenvalue weighted by molar-refractivity contribution is 7.90. The number of benzene rings is 3. The number of fused-ring (bicyclic) bond motifs is 2. The first-order valence-electron chi connectivity index (χ1n) is 7.70. The molecule has 4 nitrogen and oxygen atoms in total. The fraction of sp³-hybridized carbons (Fsp3) is 0. The zero-order chi connectivity index (χ0) is 17.4. The summed E-state index contributed by atoms with van der Waals surface area (Å²) >= 11 is 0. The van der Waals surface area contributed by atoms with E-state index in [-0.39, 0.29) is 16.4 Å². The Bertz CT molecular complexity index is 1170. The van der Waals surface area contributed by atoms with E-state index in [1.807, 2.05) is 24.3 Å². The van der Waals surface area contributed by atoms with Crippen LogP contribution in [0, 0.1) is 0 Å². The molecule has 3 aromatic rings. The summed E-state index contributed by atoms with van der Waals surface area (Å²) in [5, 5.41) is 1.79. The van der Waals surface area contributed by atoms with Crippen LogP contribution in [0.2, 0.25) is 0 Å². The highest BCUT2D eigenvalue weighted by atomic mass is 32.2. The quantitative estimate of drug-likeness (QED) is 0.709. The Labute approximate surface area is 145 Å². The van der Waals surface area contributed by atoms with Crippen LogP contribution in [-0.2, 0) is 10.0 Å². The molecule has 1 aliphatic carbocycles. The van der Waals surface area contributed by atoms with E-state index >= 15 is 0 Å². The normalized spacial score (nSPS) is 15.5. The van der Waals surface area contributed by atoms with E-state index in [9.17, 15) is 13.2 Å². The van der Waals surface area contributed by atoms with E-state index < -0.39 is 10.0 Å². The Kier molecular flexibility index (Phi) is 3.58. The van der Waals surface area contributed by atoms with Gasteiger partial charge in [-0.2, -0.15) is 12.8 Å². The monoisotopic (exact) mass is 347 g/mol. The largest absolute Gasteiger partial charge is 0.289 e. The number of ketones is 1. The van der Waals surface area contributed by atoms with Crippen LogP contribution in [0.25, 0.3) is 10.8 Å². The molecular weight excluding hydrogens is 334 g/mol. The molecule has 25 heavy (non-hydrogen) atoms. The van der Waals surface area contributed by atoms with Gasteiger partial charge in [-0.05, 0) is 35.1 Å². The van der Waals surface area contributed by atoms with Gasteiger partial charge in [-0.1, -0.05) is 54.6 Å². The van der Waals surface area contributed by atoms with Gasteiger partial charge in [0, 0.05) is 11.1 Å². The molecular formula is C20H13NO3S. The van der Waals surface area contributed by atoms with Gasteiger partial charge in [0.25, 0.3) is 10.0 Å². The SMILES string of the molecule is O=C1C=CC(=NS(=O)(=O)c2ccc3ccccc3c2)c2ccccc21. The number of allylic oxidation sites excluding steroid dienone is 2. The smallest absolute Gasteiger partial charge is 0.282 e. The highest BCUT2D eigenvalue weighted by Gasteiger charge is 2.20. The van der Waals surface area contributed by atoms with Crippen LogP contribution < -0.4 is 0 Å². The highest BCUT2D eigenvalue weighted by Crippen LogP contribution is 2.23. The standard InChI is InChI=1S/C20H13NO3S/c22-20-12-11-19(17-7-3-4-8-18(17)20)21-25(23,24)16-10-9-14-5-1-2-6-15(14)13-16/h1-13H. The third-order valence-electron chi connectivity index (χ3n) is 4.10. The molecule has 0 atom stereocenters. The first-order chi connectivity index (χ1) is 12.0. The Hall–Kier alpha value is -3.05. The number of hydrogen-bond acceptors (Lipinski definition) is 3. The molecule has 0 spiro atoms. The van der Waals surface area contributed by atoms with Crippen molar-refractivity contribution in [1.82, 2.24) is 0 Å². The maximum Gasteiger partial charge on any atom is 0.282 e. The second-order valence-electron chi connectivity index (χ2n) is 5.70. The van der Waals surface area contributed by atoms with Gasteiger partial charge >= 0.3 is 0 Å². The van der Waals surface area contributed by atoms with Crippen LogP contribution in [0.5, 0.6) is 0 Å². The molecule has 4 rings (SSSR count). The molecule has 0 radical (unpaired) electrons. The van der Waals surface area contributed by atoms with Crippen molar-refractivity contribution in [3.8, 4) is 0 Å². The number of rotatable bonds is 2. The molecule has 3 aromatic carbocycles. The summed E-state index contributed by atoms with van der Waals surface area (Å²) in [6.07, 6.45) is 2.79. The van der Waals surface area contributed by atoms with Crippen LogP contribution in [0.1, 0.15) is 15.9 Å². The summed E-state index contributed by atoms with van der Waals surface area (Å²) in [6.45, 7) is 0. The third-order valence-corrected chi connectivity index (χ3v) is 5.39. The summed E-state index contributed by atoms with van der Waals surface area (Å²) in [5.74, 6) is -0.155. The molecule has 0 unspecified atom stereocenters. The van der Waals surface area contributed by atoms with Gasteiger partial charge in [-0.25, -0.2) is 0 Å². The van der Waals surface area contributed by atoms with E-state index in [0.717, 1.165) is 10.8 Å². The molecule has 0 amide bonds. The average Bonchev–Trinajstić information content (AvgIpc) is 2.64. The van der Waals surface area contributed by atoms with Crippen molar-refractivity contribution in [2.75, 3.05) is 0 Å². The maximum atomic E-state index is 12.7. The van der Waals surface area contributed by atoms with Gasteiger partial charge in [0.05, 0.1) is 10.6 Å². The Morgan fingerprint density at radius 3 is 2.20 bits per heavy atom. The Morgan fingerprint density at radius 2 is 1.40 bits per heavy atom. The molecule has 0 saturated heterocycles. The van der Waals surface area contributed by atoms with Gasteiger partial charge in [0.1, 0.15) is 0 Å². The minimum Gasteiger partial charge on any atom is -0.289 e. The van der Waals surface area contributed by atoms with E-state index in [2.05, 4.69) is 4.40 Å². The lowest BCUT2D eigenvalue weighted by Crippen LogP contribution is -2.14. The zero-order valence-electron chi connectivity index (χ0n) is 13.1. The summed E-state index contributed by atoms with van der Waals surface area (Å²) in [6, 6.07) is 19.3. The summed E-state index contributed by atoms with van der Waals surface area (Å²) < 4.78 is 29.4. The van der Waals surface area contributed by atoms with Crippen molar-refractivity contribution in [1.29, 1.82) is 0 Å². The lowest BCUT2D eigenvalue weighted by molar-refractivity contribution is 0.104. The molecule has 0 bridgehead atoms. The topological polar surface area (TPSA) is 63.6 Å². The Balaban J connectivity index is 1.84. The number of carbonyl (C=O) groups excluding carboxylic acids is 1. The molecule has 1 aliphatic rings. The molecule has 122 valence electrons. The number of sulfonamides is 1. The Morgan fingerprint density at radius 1 is 0.720 bits per heavy atom. The predicted molar refractivity (Wildman–Crippen MR) is 97.6 cm³/mol. The fourth-order valence-electron chi connectivity index (χ4n) is 2.85. The first-order valence-corrected chi connectivity index (χ1v) is 9.14. The van der Waals surface area contributed by atoms with Gasteiger partial charge in [0.15, 0.2) is 5.78 Å². The van der Waals surface area contributed by atoms with Crippen LogP contribution >= 0.6 is 0 Å². The van der Waals surface area contributed by atoms with Gasteiger partial charge in [-0.15, -0.1) is 0 Å². The van der Waals surface area contributed by atoms with Gasteiger partial charge < -0.3 is 0 Å². The van der Waals surface area contributed by atoms with Crippen molar-refractivity contribution in [3.63, 3.8) is 0 Å². The van der Waals surface area contributed by atoms with Crippen LogP contribution in [0.4, 0.5) is 0 Å². The van der Waals surface area contributed by atoms with Crippen molar-refractivity contribution >= 4 is 32.3 Å². The van der Waals surface area contributed by atoms with Crippen molar-refractivity contribution < 1.29 is 13.2 Å². The van der Waals surface area contributed by atoms with Crippen molar-refractivity contribution in [2.24, 2.45) is 4.40 Å². The minimum absolute atomic E-state index is 0.126. The maximum absolute atomic E-state index is 12.7. The zero-order valence-corrected chi connectivity index (χ0v) is 13.9. The lowest BCUT2D eigenvalue weighted by Gasteiger charge is -2.11. The summed E-state index contributed by atoms with van der Waals surface area (Å²) in [7, 11) is -3.89. The lowest BCUT2D eigenvalue weighted by atomic mass is 9.95. The molecule has 0 aliphatic heterocycles. The van der Waals surface area contributed by atoms with E-state index in [0.29, 0.717) is 11.1 Å². The molecule has 5 heteroatoms. The molecule has 0 aromatic heterocycles. The molecule has 0 heterocycles. The fourth-order valence-corrected chi connectivity index (χ4v) is 3.88. The summed E-state index contributed by atoms with van der Waals surface area (Å²) in [5.41, 5.74) is 1.25. The van der Waals surface area contributed by atoms with E-state index in [1.54, 1.807) is 42.5 Å². The van der Waals surface area contributed by atoms with Gasteiger partial charge in [-0.3, -0.25) is 4.79 Å². The number of nitrogens with zero attached hydrogens (tertiary/aromatic N) is 1. The van der Waals surface area contributed by atoms with Crippen molar-refractivity contribution in [3.05, 3.63) is 90.0 Å². The van der Waals surface area contributed by atoms with E-state index in [1.165, 1.54) is 12.2 Å². The molecule has 0 N–H and O–H groups in total. The van der Waals surface area contributed by atoms with Crippen LogP contribution in [-0.4, -0.2) is 19.9 Å². The van der Waals surface area contributed by atoms with E-state index in [4.69, 9.17) is 0 Å². The summed E-state index contributed by atoms with van der Waals surface area (Å²) in [4.78, 5) is 12.0. The molecule has 0 fully saturated rings. The van der Waals surface area contributed by atoms with Crippen molar-refractivity contribution in [2.45, 2.75) is 4.90 Å². The van der Waals surface area contributed by atoms with Crippen LogP contribution in [0.15, 0.2) is 88.2 Å². The van der Waals surface area contributed by atoms with Crippen LogP contribution in [0.3, 0.4) is 0 Å². The second kappa shape index (κ2) is 5.79. The number of carbonyl (C=O) groups is 1. The number of hydrogen-bond donors (Lipinski definition) is 0. The third kappa shape index (κ3) is 2.79. The molecule has 0 saturated carbocycles. The first kappa shape index (κ1) is 15.5. The van der Waals surface area contributed by atoms with Gasteiger partial charge in [0.2, 0.25) is 0 Å². The predicted octanol–water partition coefficient (Wildman–Crippen LogP) is 3.77. The minimum atomic E-state index is -3.89. The second-order valence-corrected chi connectivity index (χ2v) is 7.31.